The Kier molecular flexibility index (Phi) is 3.83. The van der Waals surface area contributed by atoms with Crippen LogP contribution in [-0.4, -0.2) is 23.2 Å². The Morgan fingerprint density at radius 2 is 1.88 bits per heavy atom. The van der Waals surface area contributed by atoms with Crippen LogP contribution in [0.3, 0.4) is 0 Å². The van der Waals surface area contributed by atoms with Crippen LogP contribution in [0.4, 0.5) is 0 Å². The molecular formula is C22H21NO3. The summed E-state index contributed by atoms with van der Waals surface area (Å²) in [6.45, 7) is 3.99. The molecule has 2 aromatic carbocycles. The number of methoxy groups -OCH3 is 1. The van der Waals surface area contributed by atoms with Crippen LogP contribution in [0.5, 0.6) is 5.75 Å². The first-order valence-electron chi connectivity index (χ1n) is 8.69. The van der Waals surface area contributed by atoms with Gasteiger partial charge in [-0.05, 0) is 49.1 Å². The normalized spacial score (nSPS) is 16.7. The molecule has 3 aromatic rings. The van der Waals surface area contributed by atoms with Crippen molar-refractivity contribution >= 4 is 22.4 Å². The number of nitrogens with one attached hydrogen (secondary N) is 1. The number of carbonyl (C=O) groups is 1. The number of aromatic nitrogens is 1. The molecule has 1 aliphatic rings. The number of fused-ring (bicyclic) bond motifs is 3. The molecule has 0 saturated heterocycles. The smallest absolute Gasteiger partial charge is 0.334 e. The van der Waals surface area contributed by atoms with Gasteiger partial charge in [-0.2, -0.15) is 0 Å². The number of carbonyl (C=O) groups excluding carboxylic acids is 1. The van der Waals surface area contributed by atoms with Gasteiger partial charge in [-0.25, -0.2) is 4.79 Å². The zero-order chi connectivity index (χ0) is 18.4. The summed E-state index contributed by atoms with van der Waals surface area (Å²) < 4.78 is 5.02. The number of esters is 1. The van der Waals surface area contributed by atoms with Crippen molar-refractivity contribution in [3.05, 3.63) is 70.4 Å². The number of aryl methyl sites for hydroxylation is 1. The molecule has 1 aromatic heterocycles. The molecule has 1 unspecified atom stereocenters. The maximum absolute atomic E-state index is 12.4. The van der Waals surface area contributed by atoms with Gasteiger partial charge >= 0.3 is 5.97 Å². The van der Waals surface area contributed by atoms with Crippen LogP contribution in [0.1, 0.15) is 41.6 Å². The van der Waals surface area contributed by atoms with E-state index in [-0.39, 0.29) is 17.6 Å². The van der Waals surface area contributed by atoms with Gasteiger partial charge < -0.3 is 14.8 Å². The highest BCUT2D eigenvalue weighted by molar-refractivity contribution is 6.03. The Bertz CT molecular complexity index is 1040. The lowest BCUT2D eigenvalue weighted by Crippen LogP contribution is -2.17. The van der Waals surface area contributed by atoms with Gasteiger partial charge in [0.05, 0.1) is 7.11 Å². The highest BCUT2D eigenvalue weighted by atomic mass is 16.5. The summed E-state index contributed by atoms with van der Waals surface area (Å²) in [7, 11) is 1.41. The Morgan fingerprint density at radius 1 is 1.15 bits per heavy atom. The number of aromatic hydroxyl groups is 1. The summed E-state index contributed by atoms with van der Waals surface area (Å²) in [6, 6.07) is 13.8. The fraction of sp³-hybridized carbons (Fsp3) is 0.227. The van der Waals surface area contributed by atoms with Crippen LogP contribution in [0.25, 0.3) is 16.5 Å². The third kappa shape index (κ3) is 2.41. The quantitative estimate of drug-likeness (QED) is 0.663. The van der Waals surface area contributed by atoms with Gasteiger partial charge in [0.2, 0.25) is 0 Å². The van der Waals surface area contributed by atoms with Crippen molar-refractivity contribution in [3.8, 4) is 5.75 Å². The lowest BCUT2D eigenvalue weighted by Gasteiger charge is -2.26. The fourth-order valence-corrected chi connectivity index (χ4v) is 3.95. The average molecular weight is 347 g/mol. The summed E-state index contributed by atoms with van der Waals surface area (Å²) in [6.07, 6.45) is 0.551. The van der Waals surface area contributed by atoms with Crippen molar-refractivity contribution < 1.29 is 14.6 Å². The molecule has 26 heavy (non-hydrogen) atoms. The Balaban J connectivity index is 2.02. The first-order chi connectivity index (χ1) is 12.5. The topological polar surface area (TPSA) is 62.3 Å². The molecule has 0 aliphatic heterocycles. The van der Waals surface area contributed by atoms with Gasteiger partial charge in [0.15, 0.2) is 0 Å². The maximum Gasteiger partial charge on any atom is 0.334 e. The van der Waals surface area contributed by atoms with E-state index in [1.165, 1.54) is 12.7 Å². The predicted molar refractivity (Wildman–Crippen MR) is 102 cm³/mol. The Hall–Kier alpha value is -3.01. The zero-order valence-electron chi connectivity index (χ0n) is 15.1. The van der Waals surface area contributed by atoms with Gasteiger partial charge in [-0.3, -0.25) is 0 Å². The van der Waals surface area contributed by atoms with E-state index in [1.807, 2.05) is 19.1 Å². The van der Waals surface area contributed by atoms with Gasteiger partial charge in [0, 0.05) is 28.1 Å². The van der Waals surface area contributed by atoms with Crippen LogP contribution in [0.2, 0.25) is 0 Å². The van der Waals surface area contributed by atoms with Crippen molar-refractivity contribution in [2.75, 3.05) is 7.11 Å². The van der Waals surface area contributed by atoms with Crippen molar-refractivity contribution in [1.29, 1.82) is 0 Å². The molecule has 0 radical (unpaired) electrons. The van der Waals surface area contributed by atoms with E-state index in [0.717, 1.165) is 33.3 Å². The van der Waals surface area contributed by atoms with E-state index in [9.17, 15) is 9.90 Å². The molecule has 132 valence electrons. The van der Waals surface area contributed by atoms with Gasteiger partial charge in [0.1, 0.15) is 5.75 Å². The van der Waals surface area contributed by atoms with E-state index in [1.54, 1.807) is 6.07 Å². The zero-order valence-corrected chi connectivity index (χ0v) is 15.1. The highest BCUT2D eigenvalue weighted by Gasteiger charge is 2.33. The summed E-state index contributed by atoms with van der Waals surface area (Å²) in [5, 5.41) is 11.3. The summed E-state index contributed by atoms with van der Waals surface area (Å²) >= 11 is 0. The second-order valence-corrected chi connectivity index (χ2v) is 6.88. The molecule has 4 nitrogen and oxygen atoms in total. The number of allylic oxidation sites excluding steroid dienone is 1. The van der Waals surface area contributed by atoms with E-state index < -0.39 is 0 Å². The van der Waals surface area contributed by atoms with Crippen molar-refractivity contribution in [2.24, 2.45) is 0 Å². The third-order valence-electron chi connectivity index (χ3n) is 5.34. The summed E-state index contributed by atoms with van der Waals surface area (Å²) in [5.74, 6) is -0.0648. The number of ether oxygens (including phenoxy) is 1. The minimum absolute atomic E-state index is 0.0227. The van der Waals surface area contributed by atoms with E-state index in [2.05, 4.69) is 36.2 Å². The number of aromatic amines is 1. The monoisotopic (exact) mass is 347 g/mol. The largest absolute Gasteiger partial charge is 0.507 e. The second kappa shape index (κ2) is 6.06. The molecule has 0 spiro atoms. The van der Waals surface area contributed by atoms with Gasteiger partial charge in [-0.15, -0.1) is 0 Å². The predicted octanol–water partition coefficient (Wildman–Crippen LogP) is 4.66. The van der Waals surface area contributed by atoms with Crippen LogP contribution >= 0.6 is 0 Å². The number of hydrogen-bond donors (Lipinski definition) is 2. The molecule has 0 amide bonds. The molecule has 0 saturated carbocycles. The number of benzene rings is 2. The van der Waals surface area contributed by atoms with Crippen molar-refractivity contribution in [3.63, 3.8) is 0 Å². The molecule has 1 aliphatic carbocycles. The maximum atomic E-state index is 12.4. The highest BCUT2D eigenvalue weighted by Crippen LogP contribution is 2.47. The first kappa shape index (κ1) is 16.5. The first-order valence-corrected chi connectivity index (χ1v) is 8.69. The standard InChI is InChI=1S/C22H21NO3/c1-12-7-9-14(10-8-12)16-11-15(22(25)26-3)13(2)21-19(16)20-17(23-21)5-4-6-18(20)24/h4-10,16,23-24H,11H2,1-3H3. The molecule has 2 N–H and O–H groups in total. The second-order valence-electron chi connectivity index (χ2n) is 6.88. The molecule has 4 rings (SSSR count). The lowest BCUT2D eigenvalue weighted by molar-refractivity contribution is -0.136. The number of phenols is 1. The van der Waals surface area contributed by atoms with Gasteiger partial charge in [-0.1, -0.05) is 35.9 Å². The van der Waals surface area contributed by atoms with E-state index in [4.69, 9.17) is 4.74 Å². The lowest BCUT2D eigenvalue weighted by atomic mass is 9.77. The molecular weight excluding hydrogens is 326 g/mol. The number of hydrogen-bond acceptors (Lipinski definition) is 3. The van der Waals surface area contributed by atoms with Crippen LogP contribution in [0, 0.1) is 6.92 Å². The molecule has 4 heteroatoms. The minimum atomic E-state index is -0.298. The van der Waals surface area contributed by atoms with Crippen LogP contribution in [-0.2, 0) is 9.53 Å². The third-order valence-corrected chi connectivity index (χ3v) is 5.34. The summed E-state index contributed by atoms with van der Waals surface area (Å²) in [4.78, 5) is 15.8. The number of rotatable bonds is 2. The Morgan fingerprint density at radius 3 is 2.58 bits per heavy atom. The Labute approximate surface area is 152 Å². The van der Waals surface area contributed by atoms with Crippen LogP contribution in [0.15, 0.2) is 48.0 Å². The molecule has 1 heterocycles. The van der Waals surface area contributed by atoms with Gasteiger partial charge in [0.25, 0.3) is 0 Å². The van der Waals surface area contributed by atoms with Crippen molar-refractivity contribution in [1.82, 2.24) is 4.98 Å². The fourth-order valence-electron chi connectivity index (χ4n) is 3.95. The van der Waals surface area contributed by atoms with Crippen LogP contribution < -0.4 is 0 Å². The molecule has 0 bridgehead atoms. The molecule has 1 atom stereocenters. The minimum Gasteiger partial charge on any atom is -0.507 e. The van der Waals surface area contributed by atoms with E-state index >= 15 is 0 Å². The average Bonchev–Trinajstić information content (AvgIpc) is 3.04. The number of H-pyrrole nitrogens is 1. The molecule has 0 fully saturated rings. The number of phenolic OH excluding ortho intramolecular Hbond substituents is 1. The summed E-state index contributed by atoms with van der Waals surface area (Å²) in [5.41, 5.74) is 6.69. The van der Waals surface area contributed by atoms with Crippen molar-refractivity contribution in [2.45, 2.75) is 26.2 Å². The SMILES string of the molecule is COC(=O)C1=C(C)c2[nH]c3cccc(O)c3c2C(c2ccc(C)cc2)C1. The van der Waals surface area contributed by atoms with E-state index in [0.29, 0.717) is 12.0 Å².